The van der Waals surface area contributed by atoms with Crippen molar-refractivity contribution in [2.75, 3.05) is 7.11 Å². The van der Waals surface area contributed by atoms with Crippen LogP contribution >= 0.6 is 15.9 Å². The molecule has 0 spiro atoms. The molecule has 19 heavy (non-hydrogen) atoms. The van der Waals surface area contributed by atoms with Gasteiger partial charge in [0.05, 0.1) is 7.11 Å². The molecule has 0 amide bonds. The van der Waals surface area contributed by atoms with Crippen LogP contribution in [0.25, 0.3) is 0 Å². The van der Waals surface area contributed by atoms with Crippen molar-refractivity contribution in [2.45, 2.75) is 17.4 Å². The second kappa shape index (κ2) is 5.25. The third-order valence-electron chi connectivity index (χ3n) is 3.43. The molecular formula is C16H15BrO2. The highest BCUT2D eigenvalue weighted by Gasteiger charge is 2.27. The number of hydrogen-bond donors (Lipinski definition) is 0. The van der Waals surface area contributed by atoms with E-state index in [1.807, 2.05) is 30.3 Å². The monoisotopic (exact) mass is 318 g/mol. The summed E-state index contributed by atoms with van der Waals surface area (Å²) in [6.45, 7) is 0. The van der Waals surface area contributed by atoms with Gasteiger partial charge in [0.2, 0.25) is 0 Å². The minimum Gasteiger partial charge on any atom is -0.497 e. The molecule has 0 fully saturated rings. The molecule has 0 unspecified atom stereocenters. The summed E-state index contributed by atoms with van der Waals surface area (Å²) in [5, 5.41) is 0. The van der Waals surface area contributed by atoms with Crippen molar-refractivity contribution >= 4 is 15.9 Å². The van der Waals surface area contributed by atoms with Crippen LogP contribution in [0.5, 0.6) is 11.5 Å². The highest BCUT2D eigenvalue weighted by Crippen LogP contribution is 2.44. The summed E-state index contributed by atoms with van der Waals surface area (Å²) in [7, 11) is 1.68. The molecule has 98 valence electrons. The number of alkyl halides is 1. The molecule has 3 heteroatoms. The molecule has 2 atom stereocenters. The number of halogens is 1. The zero-order chi connectivity index (χ0) is 13.2. The molecule has 2 aromatic carbocycles. The van der Waals surface area contributed by atoms with Crippen molar-refractivity contribution in [2.24, 2.45) is 0 Å². The van der Waals surface area contributed by atoms with Crippen LogP contribution in [0.1, 0.15) is 28.5 Å². The van der Waals surface area contributed by atoms with E-state index in [-0.39, 0.29) is 6.10 Å². The molecule has 0 aromatic heterocycles. The minimum absolute atomic E-state index is 0.0881. The average molecular weight is 319 g/mol. The first kappa shape index (κ1) is 12.5. The van der Waals surface area contributed by atoms with E-state index >= 15 is 0 Å². The van der Waals surface area contributed by atoms with Crippen LogP contribution in [0, 0.1) is 0 Å². The fraction of sp³-hybridized carbons (Fsp3) is 0.250. The van der Waals surface area contributed by atoms with E-state index in [4.69, 9.17) is 9.47 Å². The van der Waals surface area contributed by atoms with Crippen LogP contribution in [-0.2, 0) is 0 Å². The number of para-hydroxylation sites is 1. The quantitative estimate of drug-likeness (QED) is 0.750. The van der Waals surface area contributed by atoms with Crippen LogP contribution in [0.2, 0.25) is 0 Å². The number of benzene rings is 2. The fourth-order valence-electron chi connectivity index (χ4n) is 2.39. The highest BCUT2D eigenvalue weighted by molar-refractivity contribution is 9.09. The van der Waals surface area contributed by atoms with Gasteiger partial charge in [-0.25, -0.2) is 0 Å². The summed E-state index contributed by atoms with van der Waals surface area (Å²) in [6, 6.07) is 16.3. The third-order valence-corrected chi connectivity index (χ3v) is 4.30. The van der Waals surface area contributed by atoms with Gasteiger partial charge in [-0.05, 0) is 23.8 Å². The van der Waals surface area contributed by atoms with Crippen LogP contribution in [0.4, 0.5) is 0 Å². The lowest BCUT2D eigenvalue weighted by atomic mass is 9.97. The van der Waals surface area contributed by atoms with E-state index in [9.17, 15) is 0 Å². The first-order chi connectivity index (χ1) is 9.28. The Morgan fingerprint density at radius 3 is 2.58 bits per heavy atom. The Labute approximate surface area is 121 Å². The van der Waals surface area contributed by atoms with Crippen LogP contribution in [-0.4, -0.2) is 7.11 Å². The van der Waals surface area contributed by atoms with Gasteiger partial charge in [-0.2, -0.15) is 0 Å². The first-order valence-corrected chi connectivity index (χ1v) is 7.23. The summed E-state index contributed by atoms with van der Waals surface area (Å²) in [6.07, 6.45) is 1.02. The van der Waals surface area contributed by atoms with Crippen molar-refractivity contribution in [1.82, 2.24) is 0 Å². The molecule has 1 heterocycles. The maximum atomic E-state index is 6.09. The SMILES string of the molecule is COc1ccc([C@H]2C[C@H](Br)c3ccccc3O2)cc1. The predicted molar refractivity (Wildman–Crippen MR) is 79.1 cm³/mol. The van der Waals surface area contributed by atoms with Gasteiger partial charge in [-0.1, -0.05) is 46.3 Å². The third kappa shape index (κ3) is 2.47. The largest absolute Gasteiger partial charge is 0.497 e. The van der Waals surface area contributed by atoms with E-state index in [0.717, 1.165) is 17.9 Å². The van der Waals surface area contributed by atoms with Crippen molar-refractivity contribution in [3.63, 3.8) is 0 Å². The van der Waals surface area contributed by atoms with Gasteiger partial charge < -0.3 is 9.47 Å². The average Bonchev–Trinajstić information content (AvgIpc) is 2.47. The summed E-state index contributed by atoms with van der Waals surface area (Å²) in [4.78, 5) is 0.338. The molecule has 2 nitrogen and oxygen atoms in total. The molecular weight excluding hydrogens is 304 g/mol. The van der Waals surface area contributed by atoms with Crippen LogP contribution in [0.15, 0.2) is 48.5 Å². The number of hydrogen-bond acceptors (Lipinski definition) is 2. The van der Waals surface area contributed by atoms with E-state index in [0.29, 0.717) is 4.83 Å². The molecule has 0 bridgehead atoms. The van der Waals surface area contributed by atoms with E-state index in [1.165, 1.54) is 11.1 Å². The topological polar surface area (TPSA) is 18.5 Å². The highest BCUT2D eigenvalue weighted by atomic mass is 79.9. The Morgan fingerprint density at radius 2 is 1.84 bits per heavy atom. The van der Waals surface area contributed by atoms with Gasteiger partial charge in [-0.15, -0.1) is 0 Å². The van der Waals surface area contributed by atoms with Gasteiger partial charge in [0.15, 0.2) is 0 Å². The summed E-state index contributed by atoms with van der Waals surface area (Å²) in [5.41, 5.74) is 2.41. The Balaban J connectivity index is 1.87. The Kier molecular flexibility index (Phi) is 3.47. The molecule has 1 aliphatic rings. The Hall–Kier alpha value is -1.48. The normalized spacial score (nSPS) is 21.4. The van der Waals surface area contributed by atoms with Gasteiger partial charge in [0.25, 0.3) is 0 Å². The summed E-state index contributed by atoms with van der Waals surface area (Å²) >= 11 is 3.75. The lowest BCUT2D eigenvalue weighted by molar-refractivity contribution is 0.176. The van der Waals surface area contributed by atoms with E-state index < -0.39 is 0 Å². The van der Waals surface area contributed by atoms with Crippen molar-refractivity contribution in [3.05, 3.63) is 59.7 Å². The Bertz CT molecular complexity index is 565. The second-order valence-corrected chi connectivity index (χ2v) is 5.73. The summed E-state index contributed by atoms with van der Waals surface area (Å²) < 4.78 is 11.3. The van der Waals surface area contributed by atoms with Gasteiger partial charge in [-0.3, -0.25) is 0 Å². The predicted octanol–water partition coefficient (Wildman–Crippen LogP) is 4.66. The molecule has 1 aliphatic heterocycles. The zero-order valence-electron chi connectivity index (χ0n) is 10.7. The molecule has 2 aromatic rings. The Morgan fingerprint density at radius 1 is 1.11 bits per heavy atom. The van der Waals surface area contributed by atoms with Crippen LogP contribution in [0.3, 0.4) is 0 Å². The number of fused-ring (bicyclic) bond motifs is 1. The van der Waals surface area contributed by atoms with E-state index in [1.54, 1.807) is 7.11 Å². The van der Waals surface area contributed by atoms with Crippen molar-refractivity contribution in [1.29, 1.82) is 0 Å². The molecule has 0 N–H and O–H groups in total. The summed E-state index contributed by atoms with van der Waals surface area (Å²) in [5.74, 6) is 1.84. The lowest BCUT2D eigenvalue weighted by Crippen LogP contribution is -2.16. The minimum atomic E-state index is 0.0881. The second-order valence-electron chi connectivity index (χ2n) is 4.62. The number of rotatable bonds is 2. The number of methoxy groups -OCH3 is 1. The van der Waals surface area contributed by atoms with Crippen LogP contribution < -0.4 is 9.47 Å². The molecule has 0 saturated carbocycles. The maximum absolute atomic E-state index is 6.09. The number of ether oxygens (including phenoxy) is 2. The van der Waals surface area contributed by atoms with Gasteiger partial charge in [0.1, 0.15) is 17.6 Å². The standard InChI is InChI=1S/C16H15BrO2/c1-18-12-8-6-11(7-9-12)16-10-14(17)13-4-2-3-5-15(13)19-16/h2-9,14,16H,10H2,1H3/t14-,16+/m0/s1. The zero-order valence-corrected chi connectivity index (χ0v) is 12.3. The molecule has 0 radical (unpaired) electrons. The maximum Gasteiger partial charge on any atom is 0.125 e. The van der Waals surface area contributed by atoms with Crippen molar-refractivity contribution in [3.8, 4) is 11.5 Å². The van der Waals surface area contributed by atoms with Crippen molar-refractivity contribution < 1.29 is 9.47 Å². The van der Waals surface area contributed by atoms with Gasteiger partial charge in [0, 0.05) is 16.8 Å². The smallest absolute Gasteiger partial charge is 0.125 e. The molecule has 0 saturated heterocycles. The molecule has 3 rings (SSSR count). The fourth-order valence-corrected chi connectivity index (χ4v) is 3.10. The van der Waals surface area contributed by atoms with Gasteiger partial charge >= 0.3 is 0 Å². The molecule has 0 aliphatic carbocycles. The first-order valence-electron chi connectivity index (χ1n) is 6.31. The lowest BCUT2D eigenvalue weighted by Gasteiger charge is -2.29. The van der Waals surface area contributed by atoms with E-state index in [2.05, 4.69) is 34.1 Å².